The van der Waals surface area contributed by atoms with Gasteiger partial charge in [-0.1, -0.05) is 60.1 Å². The topological polar surface area (TPSA) is 100 Å². The molecule has 3 aromatic carbocycles. The van der Waals surface area contributed by atoms with Gasteiger partial charge in [-0.2, -0.15) is 20.1 Å². The van der Waals surface area contributed by atoms with E-state index in [-0.39, 0.29) is 16.8 Å². The average molecular weight is 456 g/mol. The first kappa shape index (κ1) is 21.9. The van der Waals surface area contributed by atoms with E-state index >= 15 is 0 Å². The number of nitrogens with one attached hydrogen (secondary N) is 1. The standard InChI is InChI=1S/C25H18ClN5O2/c1-15-10-11-19(12-22(15)26)31-25(33)21(13-27)16(2)23(30-31)24(32)29-28-14-18-8-5-7-17-6-3-4-9-20(17)18/h3-12,14H,1-2H3,(H,29,32)/b28-14+. The summed E-state index contributed by atoms with van der Waals surface area (Å²) in [6.45, 7) is 3.33. The monoisotopic (exact) mass is 455 g/mol. The number of hydrazone groups is 1. The van der Waals surface area contributed by atoms with Crippen molar-refractivity contribution in [3.63, 3.8) is 0 Å². The Kier molecular flexibility index (Phi) is 6.03. The largest absolute Gasteiger partial charge is 0.292 e. The fourth-order valence-corrected chi connectivity index (χ4v) is 3.59. The highest BCUT2D eigenvalue weighted by Crippen LogP contribution is 2.19. The normalized spacial score (nSPS) is 11.0. The molecule has 0 radical (unpaired) electrons. The fourth-order valence-electron chi connectivity index (χ4n) is 3.42. The number of carbonyl (C=O) groups is 1. The van der Waals surface area contributed by atoms with Gasteiger partial charge in [-0.05, 0) is 42.3 Å². The Morgan fingerprint density at radius 2 is 1.91 bits per heavy atom. The number of hydrogen-bond donors (Lipinski definition) is 1. The molecule has 4 aromatic rings. The third-order valence-corrected chi connectivity index (χ3v) is 5.66. The molecule has 8 heteroatoms. The second-order valence-electron chi connectivity index (χ2n) is 7.38. The van der Waals surface area contributed by atoms with Gasteiger partial charge in [-0.25, -0.2) is 5.43 Å². The molecule has 0 unspecified atom stereocenters. The van der Waals surface area contributed by atoms with E-state index in [9.17, 15) is 14.9 Å². The van der Waals surface area contributed by atoms with Gasteiger partial charge in [0.15, 0.2) is 5.69 Å². The van der Waals surface area contributed by atoms with Gasteiger partial charge in [0.05, 0.1) is 11.9 Å². The second kappa shape index (κ2) is 9.07. The lowest BCUT2D eigenvalue weighted by atomic mass is 10.1. The zero-order chi connectivity index (χ0) is 23.5. The van der Waals surface area contributed by atoms with Gasteiger partial charge < -0.3 is 0 Å². The minimum Gasteiger partial charge on any atom is -0.266 e. The van der Waals surface area contributed by atoms with Crippen LogP contribution in [0.3, 0.4) is 0 Å². The number of hydrogen-bond acceptors (Lipinski definition) is 5. The van der Waals surface area contributed by atoms with Gasteiger partial charge in [-0.15, -0.1) is 0 Å². The quantitative estimate of drug-likeness (QED) is 0.366. The van der Waals surface area contributed by atoms with E-state index in [1.807, 2.05) is 55.5 Å². The van der Waals surface area contributed by atoms with Crippen LogP contribution >= 0.6 is 11.6 Å². The van der Waals surface area contributed by atoms with E-state index in [1.54, 1.807) is 18.2 Å². The summed E-state index contributed by atoms with van der Waals surface area (Å²) in [5.41, 5.74) is 3.72. The van der Waals surface area contributed by atoms with E-state index < -0.39 is 11.5 Å². The van der Waals surface area contributed by atoms with Crippen molar-refractivity contribution in [3.05, 3.63) is 104 Å². The summed E-state index contributed by atoms with van der Waals surface area (Å²) in [5.74, 6) is -0.646. The maximum absolute atomic E-state index is 12.9. The first-order valence-electron chi connectivity index (χ1n) is 10.0. The lowest BCUT2D eigenvalue weighted by Crippen LogP contribution is -2.31. The molecular formula is C25H18ClN5O2. The lowest BCUT2D eigenvalue weighted by Gasteiger charge is -2.11. The lowest BCUT2D eigenvalue weighted by molar-refractivity contribution is 0.0947. The first-order valence-corrected chi connectivity index (χ1v) is 10.4. The van der Waals surface area contributed by atoms with E-state index in [1.165, 1.54) is 13.1 Å². The van der Waals surface area contributed by atoms with Gasteiger partial charge in [0.1, 0.15) is 11.6 Å². The molecule has 1 N–H and O–H groups in total. The van der Waals surface area contributed by atoms with E-state index in [0.717, 1.165) is 26.6 Å². The number of carbonyl (C=O) groups excluding carboxylic acids is 1. The summed E-state index contributed by atoms with van der Waals surface area (Å²) in [5, 5.41) is 20.3. The van der Waals surface area contributed by atoms with Gasteiger partial charge in [0, 0.05) is 16.1 Å². The molecule has 0 aliphatic heterocycles. The molecule has 1 amide bonds. The maximum Gasteiger partial charge on any atom is 0.292 e. The van der Waals surface area contributed by atoms with Crippen LogP contribution in [0.25, 0.3) is 16.5 Å². The van der Waals surface area contributed by atoms with Crippen molar-refractivity contribution >= 4 is 34.5 Å². The van der Waals surface area contributed by atoms with Crippen LogP contribution in [0.1, 0.15) is 32.7 Å². The zero-order valence-corrected chi connectivity index (χ0v) is 18.6. The van der Waals surface area contributed by atoms with Crippen LogP contribution in [0, 0.1) is 25.2 Å². The van der Waals surface area contributed by atoms with Gasteiger partial charge in [0.2, 0.25) is 0 Å². The smallest absolute Gasteiger partial charge is 0.266 e. The molecule has 1 heterocycles. The number of nitrogens with zero attached hydrogens (tertiary/aromatic N) is 4. The highest BCUT2D eigenvalue weighted by atomic mass is 35.5. The number of nitriles is 1. The van der Waals surface area contributed by atoms with Crippen LogP contribution in [0.2, 0.25) is 5.02 Å². The predicted octanol–water partition coefficient (Wildman–Crippen LogP) is 4.29. The molecule has 0 atom stereocenters. The summed E-state index contributed by atoms with van der Waals surface area (Å²) in [6.07, 6.45) is 1.54. The summed E-state index contributed by atoms with van der Waals surface area (Å²) in [6, 6.07) is 20.4. The van der Waals surface area contributed by atoms with Crippen LogP contribution in [0.4, 0.5) is 0 Å². The van der Waals surface area contributed by atoms with Crippen LogP contribution < -0.4 is 11.0 Å². The zero-order valence-electron chi connectivity index (χ0n) is 17.8. The van der Waals surface area contributed by atoms with E-state index in [0.29, 0.717) is 10.7 Å². The maximum atomic E-state index is 12.9. The molecule has 0 bridgehead atoms. The second-order valence-corrected chi connectivity index (χ2v) is 7.79. The van der Waals surface area contributed by atoms with E-state index in [4.69, 9.17) is 11.6 Å². The van der Waals surface area contributed by atoms with Crippen LogP contribution in [0.5, 0.6) is 0 Å². The van der Waals surface area contributed by atoms with Crippen LogP contribution in [0.15, 0.2) is 70.6 Å². The predicted molar refractivity (Wildman–Crippen MR) is 128 cm³/mol. The highest BCUT2D eigenvalue weighted by molar-refractivity contribution is 6.31. The van der Waals surface area contributed by atoms with Crippen molar-refractivity contribution in [1.29, 1.82) is 5.26 Å². The third-order valence-electron chi connectivity index (χ3n) is 5.26. The van der Waals surface area contributed by atoms with Crippen LogP contribution in [-0.2, 0) is 0 Å². The Morgan fingerprint density at radius 3 is 2.67 bits per heavy atom. The Labute approximate surface area is 194 Å². The van der Waals surface area contributed by atoms with Gasteiger partial charge in [0.25, 0.3) is 11.5 Å². The van der Waals surface area contributed by atoms with Gasteiger partial charge >= 0.3 is 0 Å². The summed E-state index contributed by atoms with van der Waals surface area (Å²) in [4.78, 5) is 25.7. The van der Waals surface area contributed by atoms with Crippen molar-refractivity contribution < 1.29 is 4.79 Å². The average Bonchev–Trinajstić information content (AvgIpc) is 2.81. The molecule has 1 aromatic heterocycles. The third kappa shape index (κ3) is 4.25. The molecule has 0 saturated heterocycles. The molecule has 7 nitrogen and oxygen atoms in total. The van der Waals surface area contributed by atoms with Crippen LogP contribution in [-0.4, -0.2) is 21.9 Å². The fraction of sp³-hybridized carbons (Fsp3) is 0.0800. The summed E-state index contributed by atoms with van der Waals surface area (Å²) < 4.78 is 1.00. The molecule has 0 fully saturated rings. The number of amides is 1. The minimum atomic E-state index is -0.646. The number of aryl methyl sites for hydroxylation is 1. The number of benzene rings is 3. The summed E-state index contributed by atoms with van der Waals surface area (Å²) in [7, 11) is 0. The molecule has 0 aliphatic rings. The van der Waals surface area contributed by atoms with Crippen molar-refractivity contribution in [3.8, 4) is 11.8 Å². The summed E-state index contributed by atoms with van der Waals surface area (Å²) >= 11 is 6.18. The van der Waals surface area contributed by atoms with Crippen molar-refractivity contribution in [2.75, 3.05) is 0 Å². The first-order chi connectivity index (χ1) is 15.9. The Bertz CT molecular complexity index is 1530. The number of rotatable bonds is 4. The number of halogens is 1. The molecule has 4 rings (SSSR count). The van der Waals surface area contributed by atoms with Crippen molar-refractivity contribution in [1.82, 2.24) is 15.2 Å². The molecular weight excluding hydrogens is 438 g/mol. The SMILES string of the molecule is Cc1ccc(-n2nc(C(=O)N/N=C/c3cccc4ccccc34)c(C)c(C#N)c2=O)cc1Cl. The Balaban J connectivity index is 1.70. The Morgan fingerprint density at radius 1 is 1.15 bits per heavy atom. The number of aromatic nitrogens is 2. The molecule has 0 spiro atoms. The van der Waals surface area contributed by atoms with Gasteiger partial charge in [-0.3, -0.25) is 9.59 Å². The Hall–Kier alpha value is -4.28. The van der Waals surface area contributed by atoms with E-state index in [2.05, 4.69) is 15.6 Å². The highest BCUT2D eigenvalue weighted by Gasteiger charge is 2.20. The number of fused-ring (bicyclic) bond motifs is 1. The molecule has 0 saturated carbocycles. The molecule has 162 valence electrons. The van der Waals surface area contributed by atoms with Crippen molar-refractivity contribution in [2.24, 2.45) is 5.10 Å². The molecule has 0 aliphatic carbocycles. The molecule has 33 heavy (non-hydrogen) atoms. The minimum absolute atomic E-state index is 0.0853. The van der Waals surface area contributed by atoms with Crippen molar-refractivity contribution in [2.45, 2.75) is 13.8 Å².